The molecule has 5 saturated heterocycles. The van der Waals surface area contributed by atoms with Crippen LogP contribution in [0.5, 0.6) is 0 Å². The molecule has 0 aromatic carbocycles. The van der Waals surface area contributed by atoms with E-state index in [9.17, 15) is 4.79 Å². The van der Waals surface area contributed by atoms with Crippen LogP contribution in [-0.2, 0) is 4.74 Å². The van der Waals surface area contributed by atoms with E-state index in [0.29, 0.717) is 12.1 Å². The molecule has 0 aliphatic carbocycles. The Bertz CT molecular complexity index is 626. The smallest absolute Gasteiger partial charge is 0.410 e. The summed E-state index contributed by atoms with van der Waals surface area (Å²) in [6.45, 7) is 15.5. The summed E-state index contributed by atoms with van der Waals surface area (Å²) in [5.74, 6) is 0.922. The van der Waals surface area contributed by atoms with Crippen LogP contribution >= 0.6 is 0 Å². The average Bonchev–Trinajstić information content (AvgIpc) is 2.97. The van der Waals surface area contributed by atoms with Gasteiger partial charge in [-0.2, -0.15) is 0 Å². The van der Waals surface area contributed by atoms with Gasteiger partial charge >= 0.3 is 6.09 Å². The van der Waals surface area contributed by atoms with Gasteiger partial charge in [-0.3, -0.25) is 14.8 Å². The number of hydrogen-bond donors (Lipinski definition) is 2. The summed E-state index contributed by atoms with van der Waals surface area (Å²) in [4.78, 5) is 24.8. The van der Waals surface area contributed by atoms with Crippen LogP contribution in [0.25, 0.3) is 0 Å². The van der Waals surface area contributed by atoms with Crippen LogP contribution in [0.15, 0.2) is 4.99 Å². The van der Waals surface area contributed by atoms with Gasteiger partial charge in [0.15, 0.2) is 5.96 Å². The molecule has 3 atom stereocenters. The Morgan fingerprint density at radius 3 is 2.30 bits per heavy atom. The quantitative estimate of drug-likeness (QED) is 0.530. The molecule has 0 spiro atoms. The van der Waals surface area contributed by atoms with Gasteiger partial charge in [0.1, 0.15) is 5.60 Å². The van der Waals surface area contributed by atoms with Crippen molar-refractivity contribution in [2.45, 2.75) is 83.1 Å². The lowest BCUT2D eigenvalue weighted by molar-refractivity contribution is 0.00542. The number of nitrogens with zero attached hydrogens (tertiary/aromatic N) is 4. The van der Waals surface area contributed by atoms with Crippen molar-refractivity contribution in [3.05, 3.63) is 0 Å². The highest BCUT2D eigenvalue weighted by molar-refractivity contribution is 5.80. The second-order valence-corrected chi connectivity index (χ2v) is 10.3. The Morgan fingerprint density at radius 2 is 1.77 bits per heavy atom. The summed E-state index contributed by atoms with van der Waals surface area (Å²) in [6, 6.07) is 1.43. The summed E-state index contributed by atoms with van der Waals surface area (Å²) in [6.07, 6.45) is 3.92. The number of piperidine rings is 1. The molecule has 8 heteroatoms. The van der Waals surface area contributed by atoms with E-state index in [0.717, 1.165) is 51.3 Å². The lowest BCUT2D eigenvalue weighted by atomic mass is 9.98. The van der Waals surface area contributed by atoms with Crippen LogP contribution in [0.1, 0.15) is 53.4 Å². The van der Waals surface area contributed by atoms with E-state index in [1.807, 2.05) is 25.7 Å². The van der Waals surface area contributed by atoms with E-state index in [-0.39, 0.29) is 18.2 Å². The van der Waals surface area contributed by atoms with Crippen molar-refractivity contribution in [1.29, 1.82) is 0 Å². The SMILES string of the molecule is CCNC(=NCC1CN2CCN1CC2)NC1CC2CCC(C1)N2C(=O)OC(C)(C)C. The fourth-order valence-electron chi connectivity index (χ4n) is 5.52. The fourth-order valence-corrected chi connectivity index (χ4v) is 5.52. The molecule has 0 saturated carbocycles. The Labute approximate surface area is 181 Å². The van der Waals surface area contributed by atoms with E-state index in [2.05, 4.69) is 27.4 Å². The van der Waals surface area contributed by atoms with Crippen LogP contribution in [0.2, 0.25) is 0 Å². The first-order valence-electron chi connectivity index (χ1n) is 11.8. The predicted molar refractivity (Wildman–Crippen MR) is 119 cm³/mol. The van der Waals surface area contributed by atoms with E-state index < -0.39 is 5.60 Å². The molecule has 4 bridgehead atoms. The number of ether oxygens (including phenoxy) is 1. The minimum Gasteiger partial charge on any atom is -0.444 e. The Kier molecular flexibility index (Phi) is 6.44. The zero-order valence-corrected chi connectivity index (χ0v) is 19.2. The summed E-state index contributed by atoms with van der Waals surface area (Å²) < 4.78 is 5.66. The number of aliphatic imine (C=N–C) groups is 1. The number of rotatable bonds is 4. The Balaban J connectivity index is 1.33. The molecule has 5 aliphatic rings. The summed E-state index contributed by atoms with van der Waals surface area (Å²) in [5.41, 5.74) is -0.443. The molecule has 0 aromatic heterocycles. The van der Waals surface area contributed by atoms with E-state index in [1.165, 1.54) is 26.2 Å². The zero-order chi connectivity index (χ0) is 21.3. The number of fused-ring (bicyclic) bond motifs is 5. The number of amides is 1. The van der Waals surface area contributed by atoms with Crippen molar-refractivity contribution in [2.24, 2.45) is 4.99 Å². The molecule has 5 heterocycles. The summed E-state index contributed by atoms with van der Waals surface area (Å²) >= 11 is 0. The topological polar surface area (TPSA) is 72.4 Å². The molecule has 0 radical (unpaired) electrons. The van der Waals surface area contributed by atoms with E-state index in [4.69, 9.17) is 9.73 Å². The highest BCUT2D eigenvalue weighted by Crippen LogP contribution is 2.36. The molecule has 0 aromatic rings. The summed E-state index contributed by atoms with van der Waals surface area (Å²) in [5, 5.41) is 7.11. The van der Waals surface area contributed by atoms with Gasteiger partial charge in [-0.1, -0.05) is 0 Å². The molecule has 5 fully saturated rings. The molecule has 1 amide bonds. The maximum absolute atomic E-state index is 12.7. The highest BCUT2D eigenvalue weighted by atomic mass is 16.6. The van der Waals surface area contributed by atoms with Gasteiger partial charge in [-0.05, 0) is 53.4 Å². The van der Waals surface area contributed by atoms with Crippen molar-refractivity contribution in [1.82, 2.24) is 25.3 Å². The number of nitrogens with one attached hydrogen (secondary N) is 2. The number of carbonyl (C=O) groups excluding carboxylic acids is 1. The molecule has 170 valence electrons. The largest absolute Gasteiger partial charge is 0.444 e. The normalized spacial score (nSPS) is 36.0. The van der Waals surface area contributed by atoms with Crippen LogP contribution in [0, 0.1) is 0 Å². The number of guanidine groups is 1. The number of piperazine rings is 3. The maximum atomic E-state index is 12.7. The zero-order valence-electron chi connectivity index (χ0n) is 19.2. The van der Waals surface area contributed by atoms with E-state index >= 15 is 0 Å². The van der Waals surface area contributed by atoms with E-state index in [1.54, 1.807) is 0 Å². The monoisotopic (exact) mass is 420 g/mol. The molecule has 5 aliphatic heterocycles. The summed E-state index contributed by atoms with van der Waals surface area (Å²) in [7, 11) is 0. The first-order chi connectivity index (χ1) is 14.3. The van der Waals surface area contributed by atoms with Crippen molar-refractivity contribution < 1.29 is 9.53 Å². The first-order valence-corrected chi connectivity index (χ1v) is 11.8. The van der Waals surface area contributed by atoms with Gasteiger partial charge < -0.3 is 20.3 Å². The maximum Gasteiger partial charge on any atom is 0.410 e. The lowest BCUT2D eigenvalue weighted by Crippen LogP contribution is -2.62. The van der Waals surface area contributed by atoms with Gasteiger partial charge in [0.25, 0.3) is 0 Å². The second kappa shape index (κ2) is 8.91. The third kappa shape index (κ3) is 5.02. The van der Waals surface area contributed by atoms with Gasteiger partial charge in [-0.25, -0.2) is 4.79 Å². The van der Waals surface area contributed by atoms with Gasteiger partial charge in [-0.15, -0.1) is 0 Å². The standard InChI is InChI=1S/C22H40N6O2/c1-5-23-20(24-14-19-15-26-8-10-27(19)11-9-26)25-16-12-17-6-7-18(13-16)28(17)21(29)30-22(2,3)4/h16-19H,5-15H2,1-4H3,(H2,23,24,25). The number of carbonyl (C=O) groups is 1. The van der Waals surface area contributed by atoms with Crippen LogP contribution in [0.3, 0.4) is 0 Å². The minimum absolute atomic E-state index is 0.148. The Morgan fingerprint density at radius 1 is 1.10 bits per heavy atom. The molecule has 3 unspecified atom stereocenters. The second-order valence-electron chi connectivity index (χ2n) is 10.3. The van der Waals surface area contributed by atoms with Crippen LogP contribution in [0.4, 0.5) is 4.79 Å². The van der Waals surface area contributed by atoms with Crippen molar-refractivity contribution >= 4 is 12.1 Å². The fraction of sp³-hybridized carbons (Fsp3) is 0.909. The minimum atomic E-state index is -0.443. The van der Waals surface area contributed by atoms with Crippen molar-refractivity contribution in [3.63, 3.8) is 0 Å². The molecule has 5 rings (SSSR count). The molecule has 30 heavy (non-hydrogen) atoms. The highest BCUT2D eigenvalue weighted by Gasteiger charge is 2.45. The van der Waals surface area contributed by atoms with Gasteiger partial charge in [0.05, 0.1) is 6.54 Å². The molecular weight excluding hydrogens is 380 g/mol. The van der Waals surface area contributed by atoms with Crippen LogP contribution in [-0.4, -0.2) is 102 Å². The number of hydrogen-bond acceptors (Lipinski definition) is 5. The van der Waals surface area contributed by atoms with Crippen molar-refractivity contribution in [2.75, 3.05) is 45.8 Å². The molecular formula is C22H40N6O2. The lowest BCUT2D eigenvalue weighted by Gasteiger charge is -2.47. The van der Waals surface area contributed by atoms with Gasteiger partial charge in [0, 0.05) is 63.4 Å². The van der Waals surface area contributed by atoms with Gasteiger partial charge in [0.2, 0.25) is 0 Å². The predicted octanol–water partition coefficient (Wildman–Crippen LogP) is 1.47. The molecule has 8 nitrogen and oxygen atoms in total. The third-order valence-corrected chi connectivity index (χ3v) is 6.87. The third-order valence-electron chi connectivity index (χ3n) is 6.87. The Hall–Kier alpha value is -1.54. The molecule has 2 N–H and O–H groups in total. The first kappa shape index (κ1) is 21.7. The van der Waals surface area contributed by atoms with Crippen molar-refractivity contribution in [3.8, 4) is 0 Å². The van der Waals surface area contributed by atoms with Crippen LogP contribution < -0.4 is 10.6 Å². The average molecular weight is 421 g/mol.